The lowest BCUT2D eigenvalue weighted by atomic mass is 9.94. The van der Waals surface area contributed by atoms with Crippen molar-refractivity contribution in [3.05, 3.63) is 47.6 Å². The van der Waals surface area contributed by atoms with Crippen molar-refractivity contribution < 1.29 is 9.53 Å². The van der Waals surface area contributed by atoms with Crippen LogP contribution in [-0.4, -0.2) is 50.4 Å². The zero-order chi connectivity index (χ0) is 26.1. The van der Waals surface area contributed by atoms with E-state index in [-0.39, 0.29) is 27.0 Å². The molecule has 1 aliphatic carbocycles. The number of alkyl halides is 1. The van der Waals surface area contributed by atoms with Crippen LogP contribution in [0.15, 0.2) is 36.1 Å². The quantitative estimate of drug-likeness (QED) is 0.284. The average molecular weight is 606 g/mol. The summed E-state index contributed by atoms with van der Waals surface area (Å²) in [6, 6.07) is 3.92. The summed E-state index contributed by atoms with van der Waals surface area (Å²) >= 11 is 2.43. The molecule has 1 aliphatic heterocycles. The number of allylic oxidation sites excluding steroid dienone is 3. The van der Waals surface area contributed by atoms with Crippen LogP contribution >= 0.6 is 22.6 Å². The second-order valence-corrected chi connectivity index (χ2v) is 12.1. The van der Waals surface area contributed by atoms with E-state index in [4.69, 9.17) is 14.7 Å². The number of H-pyrrole nitrogens is 1. The maximum atomic E-state index is 11.7. The summed E-state index contributed by atoms with van der Waals surface area (Å²) < 4.78 is 6.35. The van der Waals surface area contributed by atoms with Crippen molar-refractivity contribution in [1.29, 1.82) is 0 Å². The molecule has 1 saturated heterocycles. The van der Waals surface area contributed by atoms with Crippen molar-refractivity contribution in [2.45, 2.75) is 69.5 Å². The topological polar surface area (TPSA) is 108 Å². The average Bonchev–Trinajstić information content (AvgIpc) is 3.20. The van der Waals surface area contributed by atoms with Crippen LogP contribution in [0.3, 0.4) is 0 Å². The number of nitrogens with zero attached hydrogens (tertiary/aromatic N) is 4. The molecule has 2 atom stereocenters. The molecule has 4 rings (SSSR count). The molecule has 36 heavy (non-hydrogen) atoms. The van der Waals surface area contributed by atoms with Gasteiger partial charge in [-0.2, -0.15) is 5.10 Å². The zero-order valence-corrected chi connectivity index (χ0v) is 24.0. The molecule has 0 aromatic carbocycles. The Labute approximate surface area is 226 Å². The number of halogens is 1. The van der Waals surface area contributed by atoms with Crippen molar-refractivity contribution in [3.8, 4) is 0 Å². The van der Waals surface area contributed by atoms with Gasteiger partial charge < -0.3 is 20.3 Å². The van der Waals surface area contributed by atoms with E-state index >= 15 is 0 Å². The van der Waals surface area contributed by atoms with E-state index in [1.165, 1.54) is 0 Å². The fourth-order valence-electron chi connectivity index (χ4n) is 4.53. The molecular formula is C26H36IN7O2. The largest absolute Gasteiger partial charge is 0.366 e. The minimum Gasteiger partial charge on any atom is -0.366 e. The summed E-state index contributed by atoms with van der Waals surface area (Å²) in [5.74, 6) is 3.30. The number of ether oxygens (including phenoxy) is 1. The van der Waals surface area contributed by atoms with E-state index in [0.29, 0.717) is 12.2 Å². The van der Waals surface area contributed by atoms with Crippen molar-refractivity contribution >= 4 is 46.0 Å². The summed E-state index contributed by atoms with van der Waals surface area (Å²) in [4.78, 5) is 23.8. The Hall–Kier alpha value is -2.47. The minimum absolute atomic E-state index is 0.0210. The molecule has 3 N–H and O–H groups in total. The van der Waals surface area contributed by atoms with Crippen molar-refractivity contribution in [2.75, 3.05) is 23.3 Å². The fraction of sp³-hybridized carbons (Fsp3) is 0.538. The van der Waals surface area contributed by atoms with Gasteiger partial charge in [-0.25, -0.2) is 9.97 Å². The van der Waals surface area contributed by atoms with Gasteiger partial charge in [0.2, 0.25) is 5.91 Å². The minimum atomic E-state index is -0.212. The highest BCUT2D eigenvalue weighted by Gasteiger charge is 2.43. The highest BCUT2D eigenvalue weighted by atomic mass is 127. The van der Waals surface area contributed by atoms with Crippen molar-refractivity contribution in [2.24, 2.45) is 5.92 Å². The van der Waals surface area contributed by atoms with E-state index in [1.54, 1.807) is 0 Å². The summed E-state index contributed by atoms with van der Waals surface area (Å²) in [6.07, 6.45) is 7.46. The lowest BCUT2D eigenvalue weighted by Crippen LogP contribution is -2.63. The van der Waals surface area contributed by atoms with Gasteiger partial charge in [0, 0.05) is 29.9 Å². The second kappa shape index (κ2) is 10.5. The molecule has 0 saturated carbocycles. The van der Waals surface area contributed by atoms with Crippen LogP contribution in [0.1, 0.15) is 62.9 Å². The highest BCUT2D eigenvalue weighted by Crippen LogP contribution is 2.38. The lowest BCUT2D eigenvalue weighted by Gasteiger charge is -2.51. The molecule has 10 heteroatoms. The molecule has 3 heterocycles. The van der Waals surface area contributed by atoms with Gasteiger partial charge in [0.25, 0.3) is 0 Å². The third-order valence-electron chi connectivity index (χ3n) is 5.98. The number of aromatic amines is 1. The Bertz CT molecular complexity index is 1160. The number of rotatable bonds is 8. The van der Waals surface area contributed by atoms with Gasteiger partial charge in [-0.15, -0.1) is 0 Å². The van der Waals surface area contributed by atoms with Gasteiger partial charge in [-0.05, 0) is 53.0 Å². The molecular weight excluding hydrogens is 569 g/mol. The van der Waals surface area contributed by atoms with E-state index < -0.39 is 0 Å². The first-order valence-corrected chi connectivity index (χ1v) is 13.6. The molecule has 1 fully saturated rings. The first kappa shape index (κ1) is 26.6. The van der Waals surface area contributed by atoms with E-state index in [0.717, 1.165) is 48.4 Å². The first-order chi connectivity index (χ1) is 16.9. The molecule has 0 radical (unpaired) electrons. The molecule has 2 aromatic rings. The van der Waals surface area contributed by atoms with E-state index in [1.807, 2.05) is 32.1 Å². The Balaban J connectivity index is 1.54. The van der Waals surface area contributed by atoms with Crippen LogP contribution in [0.4, 0.5) is 17.5 Å². The van der Waals surface area contributed by atoms with Crippen LogP contribution in [-0.2, 0) is 9.53 Å². The maximum Gasteiger partial charge on any atom is 0.224 e. The highest BCUT2D eigenvalue weighted by molar-refractivity contribution is 14.1. The van der Waals surface area contributed by atoms with Gasteiger partial charge >= 0.3 is 0 Å². The van der Waals surface area contributed by atoms with Crippen LogP contribution in [0.25, 0.3) is 0 Å². The normalized spacial score (nSPS) is 19.9. The van der Waals surface area contributed by atoms with Crippen LogP contribution in [0.5, 0.6) is 0 Å². The number of aryl methyl sites for hydroxylation is 1. The number of carbonyl (C=O) groups excluding carboxylic acids is 1. The van der Waals surface area contributed by atoms with Gasteiger partial charge in [0.15, 0.2) is 5.82 Å². The number of nitrogens with one attached hydrogen (secondary N) is 3. The molecule has 1 unspecified atom stereocenters. The Morgan fingerprint density at radius 3 is 2.64 bits per heavy atom. The fourth-order valence-corrected chi connectivity index (χ4v) is 5.34. The number of hydrogen-bond donors (Lipinski definition) is 3. The summed E-state index contributed by atoms with van der Waals surface area (Å²) in [5, 5.41) is 13.5. The van der Waals surface area contributed by atoms with Crippen molar-refractivity contribution in [1.82, 2.24) is 25.5 Å². The Morgan fingerprint density at radius 2 is 2.06 bits per heavy atom. The van der Waals surface area contributed by atoms with E-state index in [9.17, 15) is 4.79 Å². The molecule has 1 amide bonds. The molecule has 2 aliphatic rings. The number of carbonyl (C=O) groups is 1. The van der Waals surface area contributed by atoms with Gasteiger partial charge in [0.1, 0.15) is 23.1 Å². The molecule has 0 bridgehead atoms. The monoisotopic (exact) mass is 605 g/mol. The van der Waals surface area contributed by atoms with Crippen LogP contribution in [0.2, 0.25) is 0 Å². The third-order valence-corrected chi connectivity index (χ3v) is 7.46. The SMILES string of the molecule is CCC(=O)NC1=CCC([C@@H](I)c2nc(Nc3cc(C)[nH]n3)cc(N3CC(C)(OC(C)(C)C)C3)n2)C=C1. The van der Waals surface area contributed by atoms with Crippen LogP contribution < -0.4 is 15.5 Å². The molecule has 0 spiro atoms. The maximum absolute atomic E-state index is 11.7. The van der Waals surface area contributed by atoms with Crippen molar-refractivity contribution in [3.63, 3.8) is 0 Å². The molecule has 2 aromatic heterocycles. The van der Waals surface area contributed by atoms with Gasteiger partial charge in [-0.3, -0.25) is 9.89 Å². The van der Waals surface area contributed by atoms with Gasteiger partial charge in [-0.1, -0.05) is 41.7 Å². The molecule has 9 nitrogen and oxygen atoms in total. The number of aromatic nitrogens is 4. The standard InChI is InChI=1S/C26H36IN7O2/c1-7-22(35)28-18-10-8-17(9-11-18)23(27)24-30-19(29-20-12-16(2)32-33-20)13-21(31-24)34-14-26(6,15-34)36-25(3,4)5/h8,10-13,17,23H,7,9,14-15H2,1-6H3,(H,28,35)(H2,29,30,31,32,33)/t17?,23-/m1/s1. The number of hydrogen-bond acceptors (Lipinski definition) is 7. The molecule has 194 valence electrons. The van der Waals surface area contributed by atoms with E-state index in [2.05, 4.69) is 88.2 Å². The predicted molar refractivity (Wildman–Crippen MR) is 151 cm³/mol. The number of amides is 1. The first-order valence-electron chi connectivity index (χ1n) is 12.4. The summed E-state index contributed by atoms with van der Waals surface area (Å²) in [6.45, 7) is 13.8. The third kappa shape index (κ3) is 6.64. The zero-order valence-electron chi connectivity index (χ0n) is 21.9. The summed E-state index contributed by atoms with van der Waals surface area (Å²) in [5.41, 5.74) is 1.41. The lowest BCUT2D eigenvalue weighted by molar-refractivity contribution is -0.134. The second-order valence-electron chi connectivity index (χ2n) is 10.8. The number of anilines is 3. The Morgan fingerprint density at radius 1 is 1.31 bits per heavy atom. The Kier molecular flexibility index (Phi) is 7.75. The van der Waals surface area contributed by atoms with Gasteiger partial charge in [0.05, 0.1) is 22.6 Å². The summed E-state index contributed by atoms with van der Waals surface area (Å²) in [7, 11) is 0. The smallest absolute Gasteiger partial charge is 0.224 e. The predicted octanol–water partition coefficient (Wildman–Crippen LogP) is 5.11. The van der Waals surface area contributed by atoms with Crippen LogP contribution in [0, 0.1) is 12.8 Å².